The van der Waals surface area contributed by atoms with Crippen molar-refractivity contribution in [1.82, 2.24) is 20.6 Å². The van der Waals surface area contributed by atoms with Gasteiger partial charge in [-0.1, -0.05) is 0 Å². The van der Waals surface area contributed by atoms with Gasteiger partial charge in [-0.2, -0.15) is 0 Å². The standard InChI is InChI=1S/C20H23FN6O2/c21-16-9-13(24-20(28)23-12-1-2-12)3-4-14(16)18-25-17-11-22-10-15(17)19(26-18)27-5-7-29-8-6-27/h3-4,9,12,22H,1-2,5-8,10-11H2,(H2,23,24,28). The van der Waals surface area contributed by atoms with E-state index in [0.717, 1.165) is 43.0 Å². The molecule has 2 amide bonds. The van der Waals surface area contributed by atoms with Crippen LogP contribution in [0.1, 0.15) is 24.1 Å². The van der Waals surface area contributed by atoms with Gasteiger partial charge in [-0.15, -0.1) is 0 Å². The fraction of sp³-hybridized carbons (Fsp3) is 0.450. The van der Waals surface area contributed by atoms with Crippen LogP contribution < -0.4 is 20.9 Å². The molecule has 3 N–H and O–H groups in total. The first-order valence-electron chi connectivity index (χ1n) is 9.98. The molecule has 3 heterocycles. The molecule has 1 aliphatic carbocycles. The normalized spacial score (nSPS) is 18.4. The van der Waals surface area contributed by atoms with E-state index in [9.17, 15) is 9.18 Å². The highest BCUT2D eigenvalue weighted by molar-refractivity contribution is 5.90. The number of halogens is 1. The first-order valence-corrected chi connectivity index (χ1v) is 9.98. The lowest BCUT2D eigenvalue weighted by Crippen LogP contribution is -2.37. The van der Waals surface area contributed by atoms with Crippen molar-refractivity contribution < 1.29 is 13.9 Å². The van der Waals surface area contributed by atoms with E-state index in [1.807, 2.05) is 0 Å². The summed E-state index contributed by atoms with van der Waals surface area (Å²) < 4.78 is 20.3. The lowest BCUT2D eigenvalue weighted by Gasteiger charge is -2.29. The number of aromatic nitrogens is 2. The molecule has 152 valence electrons. The van der Waals surface area contributed by atoms with Gasteiger partial charge in [-0.3, -0.25) is 0 Å². The number of nitrogens with one attached hydrogen (secondary N) is 3. The first-order chi connectivity index (χ1) is 14.2. The minimum absolute atomic E-state index is 0.242. The lowest BCUT2D eigenvalue weighted by molar-refractivity contribution is 0.122. The van der Waals surface area contributed by atoms with Crippen LogP contribution in [0, 0.1) is 5.82 Å². The van der Waals surface area contributed by atoms with Crippen molar-refractivity contribution >= 4 is 17.5 Å². The molecule has 29 heavy (non-hydrogen) atoms. The largest absolute Gasteiger partial charge is 0.378 e. The number of anilines is 2. The van der Waals surface area contributed by atoms with E-state index >= 15 is 0 Å². The molecule has 0 atom stereocenters. The average molecular weight is 398 g/mol. The van der Waals surface area contributed by atoms with Crippen molar-refractivity contribution in [2.24, 2.45) is 0 Å². The second kappa shape index (κ2) is 7.57. The van der Waals surface area contributed by atoms with E-state index in [2.05, 4.69) is 25.8 Å². The van der Waals surface area contributed by atoms with Gasteiger partial charge in [0.25, 0.3) is 0 Å². The Bertz CT molecular complexity index is 943. The Morgan fingerprint density at radius 2 is 2.03 bits per heavy atom. The molecular formula is C20H23FN6O2. The van der Waals surface area contributed by atoms with Crippen LogP contribution in [-0.2, 0) is 17.8 Å². The molecule has 0 unspecified atom stereocenters. The van der Waals surface area contributed by atoms with Crippen LogP contribution in [0.15, 0.2) is 18.2 Å². The third kappa shape index (κ3) is 3.88. The Balaban J connectivity index is 1.43. The minimum atomic E-state index is -0.465. The quantitative estimate of drug-likeness (QED) is 0.730. The molecule has 0 spiro atoms. The fourth-order valence-electron chi connectivity index (χ4n) is 3.66. The van der Waals surface area contributed by atoms with E-state index in [4.69, 9.17) is 9.72 Å². The summed E-state index contributed by atoms with van der Waals surface area (Å²) in [6, 6.07) is 4.54. The van der Waals surface area contributed by atoms with E-state index in [1.165, 1.54) is 6.07 Å². The summed E-state index contributed by atoms with van der Waals surface area (Å²) in [5.41, 5.74) is 2.70. The number of morpholine rings is 1. The van der Waals surface area contributed by atoms with Crippen molar-refractivity contribution in [3.8, 4) is 11.4 Å². The molecule has 0 bridgehead atoms. The molecule has 2 aliphatic heterocycles. The zero-order valence-corrected chi connectivity index (χ0v) is 16.0. The lowest BCUT2D eigenvalue weighted by atomic mass is 10.1. The number of ether oxygens (including phenoxy) is 1. The number of rotatable bonds is 4. The Labute approximate surface area is 167 Å². The van der Waals surface area contributed by atoms with Crippen LogP contribution in [0.4, 0.5) is 20.7 Å². The summed E-state index contributed by atoms with van der Waals surface area (Å²) in [6.45, 7) is 4.17. The number of urea groups is 1. The van der Waals surface area contributed by atoms with Crippen LogP contribution in [0.5, 0.6) is 0 Å². The highest BCUT2D eigenvalue weighted by Crippen LogP contribution is 2.30. The highest BCUT2D eigenvalue weighted by Gasteiger charge is 2.26. The van der Waals surface area contributed by atoms with Gasteiger partial charge < -0.3 is 25.6 Å². The van der Waals surface area contributed by atoms with Crippen molar-refractivity contribution in [1.29, 1.82) is 0 Å². The fourth-order valence-corrected chi connectivity index (χ4v) is 3.66. The molecule has 2 aromatic rings. The maximum atomic E-state index is 14.9. The van der Waals surface area contributed by atoms with Crippen LogP contribution in [0.2, 0.25) is 0 Å². The number of carbonyl (C=O) groups is 1. The number of hydrogen-bond donors (Lipinski definition) is 3. The molecule has 1 aromatic heterocycles. The predicted octanol–water partition coefficient (Wildman–Crippen LogP) is 2.01. The Morgan fingerprint density at radius 3 is 2.79 bits per heavy atom. The van der Waals surface area contributed by atoms with E-state index in [-0.39, 0.29) is 12.1 Å². The van der Waals surface area contributed by atoms with Gasteiger partial charge >= 0.3 is 6.03 Å². The molecule has 5 rings (SSSR count). The maximum absolute atomic E-state index is 14.9. The molecule has 1 saturated carbocycles. The van der Waals surface area contributed by atoms with E-state index in [0.29, 0.717) is 43.4 Å². The van der Waals surface area contributed by atoms with Crippen LogP contribution in [0.25, 0.3) is 11.4 Å². The first kappa shape index (κ1) is 18.3. The van der Waals surface area contributed by atoms with Gasteiger partial charge in [0.1, 0.15) is 11.6 Å². The maximum Gasteiger partial charge on any atom is 0.319 e. The third-order valence-electron chi connectivity index (χ3n) is 5.36. The van der Waals surface area contributed by atoms with E-state index < -0.39 is 5.82 Å². The van der Waals surface area contributed by atoms with Crippen LogP contribution >= 0.6 is 0 Å². The van der Waals surface area contributed by atoms with Crippen LogP contribution in [-0.4, -0.2) is 48.3 Å². The van der Waals surface area contributed by atoms with Gasteiger partial charge in [-0.05, 0) is 31.0 Å². The zero-order valence-electron chi connectivity index (χ0n) is 16.0. The number of fused-ring (bicyclic) bond motifs is 1. The van der Waals surface area contributed by atoms with Gasteiger partial charge in [0.15, 0.2) is 5.82 Å². The SMILES string of the molecule is O=C(Nc1ccc(-c2nc3c(c(N4CCOCC4)n2)CNC3)c(F)c1)NC1CC1. The van der Waals surface area contributed by atoms with Gasteiger partial charge in [0.05, 0.1) is 24.5 Å². The summed E-state index contributed by atoms with van der Waals surface area (Å²) in [6.07, 6.45) is 1.99. The third-order valence-corrected chi connectivity index (χ3v) is 5.36. The monoisotopic (exact) mass is 398 g/mol. The predicted molar refractivity (Wildman–Crippen MR) is 106 cm³/mol. The molecule has 8 nitrogen and oxygen atoms in total. The van der Waals surface area contributed by atoms with Crippen LogP contribution in [0.3, 0.4) is 0 Å². The molecule has 9 heteroatoms. The highest BCUT2D eigenvalue weighted by atomic mass is 19.1. The minimum Gasteiger partial charge on any atom is -0.378 e. The number of amides is 2. The second-order valence-corrected chi connectivity index (χ2v) is 7.57. The smallest absolute Gasteiger partial charge is 0.319 e. The molecule has 1 aromatic carbocycles. The van der Waals surface area contributed by atoms with Crippen molar-refractivity contribution in [2.45, 2.75) is 32.0 Å². The Hall–Kier alpha value is -2.78. The molecule has 1 saturated heterocycles. The molecule has 3 aliphatic rings. The second-order valence-electron chi connectivity index (χ2n) is 7.57. The van der Waals surface area contributed by atoms with Gasteiger partial charge in [-0.25, -0.2) is 19.2 Å². The number of benzene rings is 1. The van der Waals surface area contributed by atoms with Crippen molar-refractivity contribution in [2.75, 3.05) is 36.5 Å². The average Bonchev–Trinajstić information content (AvgIpc) is 3.40. The number of nitrogens with zero attached hydrogens (tertiary/aromatic N) is 3. The summed E-state index contributed by atoms with van der Waals surface area (Å²) in [7, 11) is 0. The Morgan fingerprint density at radius 1 is 1.21 bits per heavy atom. The number of hydrogen-bond acceptors (Lipinski definition) is 6. The van der Waals surface area contributed by atoms with Gasteiger partial charge in [0, 0.05) is 43.5 Å². The summed E-state index contributed by atoms with van der Waals surface area (Å²) >= 11 is 0. The zero-order chi connectivity index (χ0) is 19.8. The molecular weight excluding hydrogens is 375 g/mol. The summed E-state index contributed by atoms with van der Waals surface area (Å²) in [5, 5.41) is 8.80. The van der Waals surface area contributed by atoms with Crippen molar-refractivity contribution in [3.05, 3.63) is 35.3 Å². The summed E-state index contributed by atoms with van der Waals surface area (Å²) in [5.74, 6) is 0.747. The molecule has 0 radical (unpaired) electrons. The topological polar surface area (TPSA) is 91.4 Å². The van der Waals surface area contributed by atoms with E-state index in [1.54, 1.807) is 12.1 Å². The Kier molecular flexibility index (Phi) is 4.76. The van der Waals surface area contributed by atoms with Gasteiger partial charge in [0.2, 0.25) is 0 Å². The van der Waals surface area contributed by atoms with Crippen molar-refractivity contribution in [3.63, 3.8) is 0 Å². The summed E-state index contributed by atoms with van der Waals surface area (Å²) in [4.78, 5) is 23.4. The number of carbonyl (C=O) groups excluding carboxylic acids is 1. The molecule has 2 fully saturated rings.